The molecule has 0 spiro atoms. The van der Waals surface area contributed by atoms with Crippen LogP contribution >= 0.6 is 0 Å². The van der Waals surface area contributed by atoms with Crippen LogP contribution in [-0.4, -0.2) is 24.8 Å². The molecule has 0 aliphatic carbocycles. The van der Waals surface area contributed by atoms with Crippen molar-refractivity contribution >= 4 is 5.69 Å². The van der Waals surface area contributed by atoms with Gasteiger partial charge in [-0.1, -0.05) is 0 Å². The maximum Gasteiger partial charge on any atom is 0.126 e. The molecule has 0 fully saturated rings. The minimum Gasteiger partial charge on any atom is -0.393 e. The molecular formula is C14H23FN2O. The lowest BCUT2D eigenvalue weighted by Gasteiger charge is -2.25. The smallest absolute Gasteiger partial charge is 0.126 e. The molecule has 1 unspecified atom stereocenters. The molecule has 1 aromatic rings. The molecule has 0 heterocycles. The third-order valence-electron chi connectivity index (χ3n) is 3.09. The van der Waals surface area contributed by atoms with Crippen molar-refractivity contribution in [1.29, 1.82) is 0 Å². The molecule has 0 aliphatic heterocycles. The number of aryl methyl sites for hydroxylation is 1. The number of benzene rings is 1. The summed E-state index contributed by atoms with van der Waals surface area (Å²) in [6, 6.07) is 3.11. The molecule has 3 N–H and O–H groups in total. The van der Waals surface area contributed by atoms with E-state index in [2.05, 4.69) is 0 Å². The number of nitrogens with two attached hydrogens (primary N) is 1. The van der Waals surface area contributed by atoms with E-state index >= 15 is 0 Å². The number of aliphatic hydroxyl groups is 1. The molecule has 1 aromatic carbocycles. The van der Waals surface area contributed by atoms with E-state index in [1.54, 1.807) is 13.8 Å². The Morgan fingerprint density at radius 2 is 2.00 bits per heavy atom. The molecular weight excluding hydrogens is 231 g/mol. The third kappa shape index (κ3) is 3.68. The summed E-state index contributed by atoms with van der Waals surface area (Å²) in [5.41, 5.74) is 8.23. The zero-order valence-corrected chi connectivity index (χ0v) is 11.6. The largest absolute Gasteiger partial charge is 0.393 e. The van der Waals surface area contributed by atoms with Crippen LogP contribution < -0.4 is 10.6 Å². The number of halogens is 1. The van der Waals surface area contributed by atoms with Crippen LogP contribution in [0.4, 0.5) is 10.1 Å². The highest BCUT2D eigenvalue weighted by atomic mass is 19.1. The molecule has 0 radical (unpaired) electrons. The van der Waals surface area contributed by atoms with Gasteiger partial charge in [-0.25, -0.2) is 4.39 Å². The summed E-state index contributed by atoms with van der Waals surface area (Å²) in [6.07, 6.45) is 0.332. The van der Waals surface area contributed by atoms with Crippen LogP contribution in [0.1, 0.15) is 37.4 Å². The Labute approximate surface area is 108 Å². The minimum atomic E-state index is -0.340. The molecule has 2 atom stereocenters. The molecule has 0 aromatic heterocycles. The second kappa shape index (κ2) is 6.16. The van der Waals surface area contributed by atoms with Crippen molar-refractivity contribution in [3.63, 3.8) is 0 Å². The summed E-state index contributed by atoms with van der Waals surface area (Å²) in [5, 5.41) is 9.31. The summed E-state index contributed by atoms with van der Waals surface area (Å²) in [6.45, 7) is 6.06. The lowest BCUT2D eigenvalue weighted by molar-refractivity contribution is 0.187. The highest BCUT2D eigenvalue weighted by molar-refractivity contribution is 5.56. The van der Waals surface area contributed by atoms with Gasteiger partial charge in [-0.05, 0) is 50.5 Å². The van der Waals surface area contributed by atoms with Gasteiger partial charge in [0, 0.05) is 25.3 Å². The van der Waals surface area contributed by atoms with Gasteiger partial charge in [-0.3, -0.25) is 0 Å². The van der Waals surface area contributed by atoms with E-state index in [0.717, 1.165) is 11.3 Å². The fourth-order valence-electron chi connectivity index (χ4n) is 1.88. The van der Waals surface area contributed by atoms with Crippen molar-refractivity contribution in [2.45, 2.75) is 39.3 Å². The first kappa shape index (κ1) is 14.9. The number of rotatable bonds is 5. The second-order valence-electron chi connectivity index (χ2n) is 5.01. The summed E-state index contributed by atoms with van der Waals surface area (Å²) >= 11 is 0. The molecule has 4 heteroatoms. The molecule has 3 nitrogen and oxygen atoms in total. The first-order valence-electron chi connectivity index (χ1n) is 6.27. The van der Waals surface area contributed by atoms with Crippen molar-refractivity contribution in [3.05, 3.63) is 29.1 Å². The number of aliphatic hydroxyl groups excluding tert-OH is 1. The van der Waals surface area contributed by atoms with E-state index in [1.807, 2.05) is 24.9 Å². The molecule has 18 heavy (non-hydrogen) atoms. The fourth-order valence-corrected chi connectivity index (χ4v) is 1.88. The number of hydrogen-bond donors (Lipinski definition) is 2. The predicted octanol–water partition coefficient (Wildman–Crippen LogP) is 2.36. The Bertz CT molecular complexity index is 405. The van der Waals surface area contributed by atoms with Gasteiger partial charge in [-0.15, -0.1) is 0 Å². The van der Waals surface area contributed by atoms with Gasteiger partial charge >= 0.3 is 0 Å². The zero-order valence-electron chi connectivity index (χ0n) is 11.6. The van der Waals surface area contributed by atoms with Gasteiger partial charge in [0.2, 0.25) is 0 Å². The summed E-state index contributed by atoms with van der Waals surface area (Å²) in [5.74, 6) is -0.227. The van der Waals surface area contributed by atoms with Crippen molar-refractivity contribution in [2.24, 2.45) is 5.73 Å². The van der Waals surface area contributed by atoms with Crippen LogP contribution in [0.5, 0.6) is 0 Å². The standard InChI is InChI=1S/C14H23FN2O/c1-9-7-14(17(4)6-5-10(2)18)12(11(3)16)8-13(9)15/h7-8,10-11,18H,5-6,16H2,1-4H3/t10?,11-/m0/s1. The maximum absolute atomic E-state index is 13.6. The Balaban J connectivity index is 3.02. The molecule has 0 saturated carbocycles. The molecule has 0 amide bonds. The Morgan fingerprint density at radius 1 is 1.39 bits per heavy atom. The van der Waals surface area contributed by atoms with Gasteiger partial charge in [0.1, 0.15) is 5.82 Å². The normalized spacial score (nSPS) is 14.4. The van der Waals surface area contributed by atoms with E-state index in [4.69, 9.17) is 5.73 Å². The average molecular weight is 254 g/mol. The first-order chi connectivity index (χ1) is 8.32. The van der Waals surface area contributed by atoms with Gasteiger partial charge in [-0.2, -0.15) is 0 Å². The van der Waals surface area contributed by atoms with Gasteiger partial charge < -0.3 is 15.7 Å². The van der Waals surface area contributed by atoms with Crippen molar-refractivity contribution in [1.82, 2.24) is 0 Å². The highest BCUT2D eigenvalue weighted by Crippen LogP contribution is 2.27. The maximum atomic E-state index is 13.6. The molecule has 0 aliphatic rings. The summed E-state index contributed by atoms with van der Waals surface area (Å²) in [7, 11) is 1.93. The Morgan fingerprint density at radius 3 is 2.50 bits per heavy atom. The lowest BCUT2D eigenvalue weighted by Crippen LogP contribution is -2.24. The van der Waals surface area contributed by atoms with Crippen LogP contribution in [0.3, 0.4) is 0 Å². The van der Waals surface area contributed by atoms with Crippen LogP contribution in [0.25, 0.3) is 0 Å². The van der Waals surface area contributed by atoms with Crippen LogP contribution in [0.15, 0.2) is 12.1 Å². The number of anilines is 1. The van der Waals surface area contributed by atoms with Gasteiger partial charge in [0.05, 0.1) is 6.10 Å². The quantitative estimate of drug-likeness (QED) is 0.848. The molecule has 1 rings (SSSR count). The predicted molar refractivity (Wildman–Crippen MR) is 73.3 cm³/mol. The SMILES string of the molecule is Cc1cc(N(C)CCC(C)O)c([C@H](C)N)cc1F. The van der Waals surface area contributed by atoms with Crippen molar-refractivity contribution in [2.75, 3.05) is 18.5 Å². The molecule has 0 saturated heterocycles. The lowest BCUT2D eigenvalue weighted by atomic mass is 10.0. The number of hydrogen-bond acceptors (Lipinski definition) is 3. The Kier molecular flexibility index (Phi) is 5.11. The molecule has 102 valence electrons. The van der Waals surface area contributed by atoms with E-state index in [9.17, 15) is 9.50 Å². The van der Waals surface area contributed by atoms with Gasteiger partial charge in [0.15, 0.2) is 0 Å². The van der Waals surface area contributed by atoms with Crippen molar-refractivity contribution < 1.29 is 9.50 Å². The second-order valence-corrected chi connectivity index (χ2v) is 5.01. The monoisotopic (exact) mass is 254 g/mol. The van der Waals surface area contributed by atoms with Crippen LogP contribution in [-0.2, 0) is 0 Å². The third-order valence-corrected chi connectivity index (χ3v) is 3.09. The van der Waals surface area contributed by atoms with E-state index in [0.29, 0.717) is 18.5 Å². The summed E-state index contributed by atoms with van der Waals surface area (Å²) in [4.78, 5) is 2.01. The first-order valence-corrected chi connectivity index (χ1v) is 6.27. The van der Waals surface area contributed by atoms with Gasteiger partial charge in [0.25, 0.3) is 0 Å². The van der Waals surface area contributed by atoms with E-state index in [-0.39, 0.29) is 18.0 Å². The summed E-state index contributed by atoms with van der Waals surface area (Å²) < 4.78 is 13.6. The van der Waals surface area contributed by atoms with Crippen LogP contribution in [0, 0.1) is 12.7 Å². The Hall–Kier alpha value is -1.13. The highest BCUT2D eigenvalue weighted by Gasteiger charge is 2.14. The molecule has 0 bridgehead atoms. The van der Waals surface area contributed by atoms with E-state index in [1.165, 1.54) is 6.07 Å². The van der Waals surface area contributed by atoms with Crippen LogP contribution in [0.2, 0.25) is 0 Å². The number of nitrogens with zero attached hydrogens (tertiary/aromatic N) is 1. The topological polar surface area (TPSA) is 49.5 Å². The average Bonchev–Trinajstić information content (AvgIpc) is 2.28. The zero-order chi connectivity index (χ0) is 13.9. The fraction of sp³-hybridized carbons (Fsp3) is 0.571. The minimum absolute atomic E-state index is 0.218. The van der Waals surface area contributed by atoms with Crippen molar-refractivity contribution in [3.8, 4) is 0 Å². The van der Waals surface area contributed by atoms with E-state index < -0.39 is 0 Å².